The molecule has 8 nitrogen and oxygen atoms in total. The number of aryl methyl sites for hydroxylation is 2. The highest BCUT2D eigenvalue weighted by Crippen LogP contribution is 2.27. The number of aromatic nitrogens is 4. The molecule has 3 heterocycles. The second-order valence-corrected chi connectivity index (χ2v) is 8.26. The van der Waals surface area contributed by atoms with Crippen molar-refractivity contribution in [2.75, 3.05) is 43.5 Å². The van der Waals surface area contributed by atoms with Crippen LogP contribution in [-0.4, -0.2) is 57.5 Å². The second kappa shape index (κ2) is 9.27. The van der Waals surface area contributed by atoms with Crippen LogP contribution in [0.25, 0.3) is 0 Å². The van der Waals surface area contributed by atoms with Crippen molar-refractivity contribution < 1.29 is 4.74 Å². The third-order valence-corrected chi connectivity index (χ3v) is 5.78. The van der Waals surface area contributed by atoms with Crippen molar-refractivity contribution >= 4 is 29.7 Å². The summed E-state index contributed by atoms with van der Waals surface area (Å²) in [5.74, 6) is 2.85. The quantitative estimate of drug-likeness (QED) is 0.600. The third kappa shape index (κ3) is 5.17. The number of benzene rings is 1. The van der Waals surface area contributed by atoms with E-state index < -0.39 is 0 Å². The van der Waals surface area contributed by atoms with Crippen LogP contribution in [0.15, 0.2) is 47.6 Å². The number of piperazine rings is 1. The number of hydrogen-bond acceptors (Lipinski definition) is 9. The molecule has 0 bridgehead atoms. The molecule has 0 amide bonds. The Morgan fingerprint density at radius 3 is 2.33 bits per heavy atom. The largest absolute Gasteiger partial charge is 0.497 e. The molecule has 0 unspecified atom stereocenters. The summed E-state index contributed by atoms with van der Waals surface area (Å²) in [6, 6.07) is 10.1. The summed E-state index contributed by atoms with van der Waals surface area (Å²) < 4.78 is 7.60. The van der Waals surface area contributed by atoms with Gasteiger partial charge in [-0.15, -0.1) is 0 Å². The molecule has 3 aromatic rings. The van der Waals surface area contributed by atoms with Crippen molar-refractivity contribution in [3.8, 4) is 5.75 Å². The van der Waals surface area contributed by atoms with E-state index in [4.69, 9.17) is 4.74 Å². The fourth-order valence-electron chi connectivity index (χ4n) is 3.10. The van der Waals surface area contributed by atoms with Crippen LogP contribution in [0.3, 0.4) is 0 Å². The van der Waals surface area contributed by atoms with E-state index in [0.29, 0.717) is 11.8 Å². The number of anilines is 3. The van der Waals surface area contributed by atoms with E-state index in [1.807, 2.05) is 32.0 Å². The lowest BCUT2D eigenvalue weighted by molar-refractivity contribution is 0.414. The fourth-order valence-corrected chi connectivity index (χ4v) is 4.00. The van der Waals surface area contributed by atoms with Gasteiger partial charge in [0.05, 0.1) is 7.11 Å². The van der Waals surface area contributed by atoms with Crippen LogP contribution in [-0.2, 0) is 0 Å². The molecule has 1 fully saturated rings. The molecular weight excluding hydrogens is 398 g/mol. The predicted octanol–water partition coefficient (Wildman–Crippen LogP) is 3.46. The maximum atomic E-state index is 5.23. The van der Waals surface area contributed by atoms with Crippen molar-refractivity contribution in [3.63, 3.8) is 0 Å². The normalized spacial score (nSPS) is 14.6. The Labute approximate surface area is 180 Å². The van der Waals surface area contributed by atoms with Crippen molar-refractivity contribution in [3.05, 3.63) is 54.0 Å². The van der Waals surface area contributed by atoms with Crippen LogP contribution >= 0.6 is 11.9 Å². The molecule has 0 radical (unpaired) electrons. The van der Waals surface area contributed by atoms with Crippen molar-refractivity contribution in [1.82, 2.24) is 24.2 Å². The van der Waals surface area contributed by atoms with Crippen LogP contribution in [0.1, 0.15) is 11.3 Å². The number of nitrogens with zero attached hydrogens (tertiary/aromatic N) is 6. The van der Waals surface area contributed by atoms with E-state index in [0.717, 1.165) is 49.1 Å². The van der Waals surface area contributed by atoms with Gasteiger partial charge in [0.15, 0.2) is 0 Å². The molecule has 1 N–H and O–H groups in total. The lowest BCUT2D eigenvalue weighted by Crippen LogP contribution is -2.44. The van der Waals surface area contributed by atoms with E-state index in [1.54, 1.807) is 31.5 Å². The van der Waals surface area contributed by atoms with E-state index in [9.17, 15) is 0 Å². The summed E-state index contributed by atoms with van der Waals surface area (Å²) >= 11 is 1.77. The molecule has 0 atom stereocenters. The lowest BCUT2D eigenvalue weighted by atomic mass is 10.3. The van der Waals surface area contributed by atoms with Gasteiger partial charge in [-0.2, -0.15) is 4.98 Å². The zero-order valence-electron chi connectivity index (χ0n) is 17.4. The molecular formula is C21H25N7OS. The fraction of sp³-hybridized carbons (Fsp3) is 0.333. The molecule has 0 aliphatic carbocycles. The van der Waals surface area contributed by atoms with Crippen molar-refractivity contribution in [1.29, 1.82) is 0 Å². The van der Waals surface area contributed by atoms with Crippen molar-refractivity contribution in [2.24, 2.45) is 0 Å². The highest BCUT2D eigenvalue weighted by molar-refractivity contribution is 7.97. The SMILES string of the molecule is COc1ccc(SN2CCN(c3nc(C)cc(Nc4ncc(C)cn4)n3)CC2)cc1. The van der Waals surface area contributed by atoms with E-state index in [2.05, 4.69) is 46.6 Å². The highest BCUT2D eigenvalue weighted by atomic mass is 32.2. The molecule has 1 aliphatic heterocycles. The smallest absolute Gasteiger partial charge is 0.228 e. The van der Waals surface area contributed by atoms with Gasteiger partial charge in [0.2, 0.25) is 11.9 Å². The second-order valence-electron chi connectivity index (χ2n) is 7.09. The first-order valence-electron chi connectivity index (χ1n) is 9.82. The van der Waals surface area contributed by atoms with Gasteiger partial charge in [-0.3, -0.25) is 0 Å². The Morgan fingerprint density at radius 1 is 0.967 bits per heavy atom. The van der Waals surface area contributed by atoms with Crippen LogP contribution in [0.4, 0.5) is 17.7 Å². The minimum Gasteiger partial charge on any atom is -0.497 e. The van der Waals surface area contributed by atoms with Gasteiger partial charge < -0.3 is 15.0 Å². The molecule has 30 heavy (non-hydrogen) atoms. The topological polar surface area (TPSA) is 79.3 Å². The van der Waals surface area contributed by atoms with E-state index >= 15 is 0 Å². The number of methoxy groups -OCH3 is 1. The molecule has 2 aromatic heterocycles. The van der Waals surface area contributed by atoms with Crippen LogP contribution in [0.2, 0.25) is 0 Å². The molecule has 1 aromatic carbocycles. The third-order valence-electron chi connectivity index (χ3n) is 4.68. The number of rotatable bonds is 6. The number of hydrogen-bond donors (Lipinski definition) is 1. The first-order chi connectivity index (χ1) is 14.6. The Kier molecular flexibility index (Phi) is 6.29. The Morgan fingerprint density at radius 2 is 1.67 bits per heavy atom. The zero-order valence-corrected chi connectivity index (χ0v) is 18.2. The maximum Gasteiger partial charge on any atom is 0.228 e. The van der Waals surface area contributed by atoms with Gasteiger partial charge in [-0.05, 0) is 55.6 Å². The van der Waals surface area contributed by atoms with Gasteiger partial charge in [-0.25, -0.2) is 19.3 Å². The molecule has 0 spiro atoms. The predicted molar refractivity (Wildman–Crippen MR) is 119 cm³/mol. The molecule has 9 heteroatoms. The Balaban J connectivity index is 1.37. The van der Waals surface area contributed by atoms with Crippen LogP contribution in [0, 0.1) is 13.8 Å². The monoisotopic (exact) mass is 423 g/mol. The highest BCUT2D eigenvalue weighted by Gasteiger charge is 2.20. The summed E-state index contributed by atoms with van der Waals surface area (Å²) in [5, 5.41) is 3.18. The average Bonchev–Trinajstić information content (AvgIpc) is 2.76. The summed E-state index contributed by atoms with van der Waals surface area (Å²) in [7, 11) is 1.68. The molecule has 1 saturated heterocycles. The van der Waals surface area contributed by atoms with E-state index in [-0.39, 0.29) is 0 Å². The number of nitrogens with one attached hydrogen (secondary N) is 1. The van der Waals surface area contributed by atoms with Gasteiger partial charge in [0.1, 0.15) is 11.6 Å². The maximum absolute atomic E-state index is 5.23. The van der Waals surface area contributed by atoms with Gasteiger partial charge in [-0.1, -0.05) is 0 Å². The molecule has 1 aliphatic rings. The molecule has 4 rings (SSSR count). The first kappa shape index (κ1) is 20.4. The Hall–Kier alpha value is -2.91. The average molecular weight is 424 g/mol. The standard InChI is InChI=1S/C21H25N7OS/c1-15-13-22-20(23-14-15)25-19-12-16(2)24-21(26-19)27-8-10-28(11-9-27)30-18-6-4-17(29-3)5-7-18/h4-7,12-14H,8-11H2,1-3H3,(H,22,23,24,25,26). The minimum absolute atomic E-state index is 0.533. The summed E-state index contributed by atoms with van der Waals surface area (Å²) in [4.78, 5) is 21.3. The van der Waals surface area contributed by atoms with E-state index in [1.165, 1.54) is 4.90 Å². The lowest BCUT2D eigenvalue weighted by Gasteiger charge is -2.34. The van der Waals surface area contributed by atoms with Gasteiger partial charge in [0, 0.05) is 55.2 Å². The van der Waals surface area contributed by atoms with Crippen LogP contribution in [0.5, 0.6) is 5.75 Å². The zero-order chi connectivity index (χ0) is 20.9. The molecule has 156 valence electrons. The van der Waals surface area contributed by atoms with Crippen LogP contribution < -0.4 is 15.0 Å². The summed E-state index contributed by atoms with van der Waals surface area (Å²) in [6.45, 7) is 7.53. The van der Waals surface area contributed by atoms with Crippen molar-refractivity contribution in [2.45, 2.75) is 18.7 Å². The minimum atomic E-state index is 0.533. The van der Waals surface area contributed by atoms with Gasteiger partial charge >= 0.3 is 0 Å². The first-order valence-corrected chi connectivity index (χ1v) is 10.6. The number of ether oxygens (including phenoxy) is 1. The van der Waals surface area contributed by atoms with Gasteiger partial charge in [0.25, 0.3) is 0 Å². The summed E-state index contributed by atoms with van der Waals surface area (Å²) in [5.41, 5.74) is 1.93. The Bertz CT molecular complexity index is 974. The summed E-state index contributed by atoms with van der Waals surface area (Å²) in [6.07, 6.45) is 3.56. The molecule has 0 saturated carbocycles.